The molecule has 0 unspecified atom stereocenters. The van der Waals surface area contributed by atoms with Gasteiger partial charge in [0.15, 0.2) is 0 Å². The first-order chi connectivity index (χ1) is 11.1. The molecule has 1 atom stereocenters. The van der Waals surface area contributed by atoms with Gasteiger partial charge < -0.3 is 9.32 Å². The van der Waals surface area contributed by atoms with Gasteiger partial charge in [0.1, 0.15) is 0 Å². The summed E-state index contributed by atoms with van der Waals surface area (Å²) in [5, 5.41) is 10.3. The molecule has 0 bridgehead atoms. The number of amides is 1. The average molecular weight is 351 g/mol. The zero-order chi connectivity index (χ0) is 16.2. The summed E-state index contributed by atoms with van der Waals surface area (Å²) in [6.07, 6.45) is 5.96. The van der Waals surface area contributed by atoms with E-state index in [9.17, 15) is 4.79 Å². The lowest BCUT2D eigenvalue weighted by atomic mass is 9.94. The lowest BCUT2D eigenvalue weighted by molar-refractivity contribution is -0.131. The Morgan fingerprint density at radius 3 is 2.87 bits per heavy atom. The summed E-state index contributed by atoms with van der Waals surface area (Å²) in [7, 11) is 1.92. The summed E-state index contributed by atoms with van der Waals surface area (Å²) in [5.74, 6) is 0.653. The second-order valence-electron chi connectivity index (χ2n) is 5.85. The summed E-state index contributed by atoms with van der Waals surface area (Å²) in [6.45, 7) is 1.90. The highest BCUT2D eigenvalue weighted by Gasteiger charge is 2.27. The average Bonchev–Trinajstić information content (AvgIpc) is 3.25. The first-order valence-electron chi connectivity index (χ1n) is 7.96. The Balaban J connectivity index is 1.59. The number of carbonyl (C=O) groups excluding carboxylic acids is 1. The van der Waals surface area contributed by atoms with Crippen LogP contribution in [0.25, 0.3) is 10.8 Å². The van der Waals surface area contributed by atoms with Gasteiger partial charge in [-0.1, -0.05) is 37.1 Å². The van der Waals surface area contributed by atoms with Crippen molar-refractivity contribution in [3.05, 3.63) is 17.5 Å². The van der Waals surface area contributed by atoms with Crippen molar-refractivity contribution >= 4 is 29.0 Å². The van der Waals surface area contributed by atoms with E-state index < -0.39 is 0 Å². The third-order valence-electron chi connectivity index (χ3n) is 4.23. The standard InChI is InChI=1S/C16H21N3O2S2/c1-11(15(20)19(2)12-7-4-3-5-8-12)23-16-18-17-14(21-16)13-9-6-10-22-13/h6,9-12H,3-5,7-8H2,1-2H3/t11-/m1/s1. The molecule has 2 aromatic heterocycles. The van der Waals surface area contributed by atoms with E-state index in [4.69, 9.17) is 4.42 Å². The molecule has 2 aromatic rings. The van der Waals surface area contributed by atoms with Gasteiger partial charge in [0.05, 0.1) is 10.1 Å². The largest absolute Gasteiger partial charge is 0.410 e. The first-order valence-corrected chi connectivity index (χ1v) is 9.72. The number of aromatic nitrogens is 2. The zero-order valence-electron chi connectivity index (χ0n) is 13.4. The minimum Gasteiger partial charge on any atom is -0.410 e. The predicted octanol–water partition coefficient (Wildman–Crippen LogP) is 4.07. The highest BCUT2D eigenvalue weighted by molar-refractivity contribution is 8.00. The van der Waals surface area contributed by atoms with Crippen LogP contribution in [0.3, 0.4) is 0 Å². The zero-order valence-corrected chi connectivity index (χ0v) is 15.0. The highest BCUT2D eigenvalue weighted by Crippen LogP contribution is 2.30. The highest BCUT2D eigenvalue weighted by atomic mass is 32.2. The number of carbonyl (C=O) groups is 1. The van der Waals surface area contributed by atoms with Crippen LogP contribution in [0.15, 0.2) is 27.2 Å². The number of hydrogen-bond donors (Lipinski definition) is 0. The maximum Gasteiger partial charge on any atom is 0.277 e. The number of hydrogen-bond acceptors (Lipinski definition) is 6. The van der Waals surface area contributed by atoms with E-state index in [0.29, 0.717) is 17.2 Å². The fraction of sp³-hybridized carbons (Fsp3) is 0.562. The van der Waals surface area contributed by atoms with E-state index in [1.165, 1.54) is 31.0 Å². The van der Waals surface area contributed by atoms with Crippen LogP contribution >= 0.6 is 23.1 Å². The second kappa shape index (κ2) is 7.49. The van der Waals surface area contributed by atoms with Crippen molar-refractivity contribution in [2.24, 2.45) is 0 Å². The second-order valence-corrected chi connectivity index (χ2v) is 8.09. The number of thioether (sulfide) groups is 1. The van der Waals surface area contributed by atoms with Crippen LogP contribution in [-0.2, 0) is 4.79 Å². The molecule has 0 spiro atoms. The topological polar surface area (TPSA) is 59.2 Å². The minimum absolute atomic E-state index is 0.137. The minimum atomic E-state index is -0.224. The molecular weight excluding hydrogens is 330 g/mol. The van der Waals surface area contributed by atoms with E-state index >= 15 is 0 Å². The molecule has 7 heteroatoms. The molecule has 1 aliphatic carbocycles. The number of rotatable bonds is 5. The van der Waals surface area contributed by atoms with Crippen LogP contribution in [0, 0.1) is 0 Å². The molecule has 23 heavy (non-hydrogen) atoms. The molecule has 0 aliphatic heterocycles. The van der Waals surface area contributed by atoms with Crippen LogP contribution < -0.4 is 0 Å². The van der Waals surface area contributed by atoms with Crippen LogP contribution in [0.1, 0.15) is 39.0 Å². The summed E-state index contributed by atoms with van der Waals surface area (Å²) < 4.78 is 5.65. The number of thiophene rings is 1. The van der Waals surface area contributed by atoms with Crippen molar-refractivity contribution in [2.45, 2.75) is 55.5 Å². The summed E-state index contributed by atoms with van der Waals surface area (Å²) in [5.41, 5.74) is 0. The van der Waals surface area contributed by atoms with Gasteiger partial charge in [-0.25, -0.2) is 0 Å². The maximum atomic E-state index is 12.6. The van der Waals surface area contributed by atoms with Crippen LogP contribution in [0.5, 0.6) is 0 Å². The molecular formula is C16H21N3O2S2. The van der Waals surface area contributed by atoms with Crippen molar-refractivity contribution < 1.29 is 9.21 Å². The lowest BCUT2D eigenvalue weighted by Crippen LogP contribution is -2.42. The normalized spacial score (nSPS) is 17.1. The quantitative estimate of drug-likeness (QED) is 0.760. The molecule has 124 valence electrons. The van der Waals surface area contributed by atoms with Gasteiger partial charge in [-0.15, -0.1) is 21.5 Å². The molecule has 1 fully saturated rings. The monoisotopic (exact) mass is 351 g/mol. The van der Waals surface area contributed by atoms with Crippen LogP contribution in [0.4, 0.5) is 0 Å². The first kappa shape index (κ1) is 16.5. The Labute approximate surface area is 144 Å². The number of nitrogens with zero attached hydrogens (tertiary/aromatic N) is 3. The van der Waals surface area contributed by atoms with Gasteiger partial charge in [-0.05, 0) is 31.2 Å². The van der Waals surface area contributed by atoms with Crippen molar-refractivity contribution in [3.63, 3.8) is 0 Å². The molecule has 1 amide bonds. The molecule has 5 nitrogen and oxygen atoms in total. The van der Waals surface area contributed by atoms with E-state index in [2.05, 4.69) is 10.2 Å². The molecule has 2 heterocycles. The molecule has 1 saturated carbocycles. The summed E-state index contributed by atoms with van der Waals surface area (Å²) in [4.78, 5) is 15.5. The van der Waals surface area contributed by atoms with E-state index in [0.717, 1.165) is 17.7 Å². The Bertz CT molecular complexity index is 636. The molecule has 0 aromatic carbocycles. The van der Waals surface area contributed by atoms with Crippen molar-refractivity contribution in [1.82, 2.24) is 15.1 Å². The Morgan fingerprint density at radius 1 is 1.39 bits per heavy atom. The van der Waals surface area contributed by atoms with Gasteiger partial charge in [0, 0.05) is 13.1 Å². The van der Waals surface area contributed by atoms with Crippen molar-refractivity contribution in [2.75, 3.05) is 7.05 Å². The predicted molar refractivity (Wildman–Crippen MR) is 92.6 cm³/mol. The Hall–Kier alpha value is -1.34. The molecule has 3 rings (SSSR count). The van der Waals surface area contributed by atoms with Gasteiger partial charge >= 0.3 is 0 Å². The third kappa shape index (κ3) is 3.95. The Kier molecular flexibility index (Phi) is 5.38. The molecule has 0 saturated heterocycles. The SMILES string of the molecule is C[C@@H](Sc1nnc(-c2cccs2)o1)C(=O)N(C)C1CCCCC1. The fourth-order valence-corrected chi connectivity index (χ4v) is 4.32. The van der Waals surface area contributed by atoms with E-state index in [-0.39, 0.29) is 11.2 Å². The smallest absolute Gasteiger partial charge is 0.277 e. The van der Waals surface area contributed by atoms with E-state index in [1.807, 2.05) is 36.4 Å². The molecule has 1 aliphatic rings. The lowest BCUT2D eigenvalue weighted by Gasteiger charge is -2.32. The van der Waals surface area contributed by atoms with Gasteiger partial charge in [-0.2, -0.15) is 0 Å². The van der Waals surface area contributed by atoms with Crippen molar-refractivity contribution in [1.29, 1.82) is 0 Å². The molecule has 0 N–H and O–H groups in total. The fourth-order valence-electron chi connectivity index (χ4n) is 2.89. The van der Waals surface area contributed by atoms with Gasteiger partial charge in [0.2, 0.25) is 5.91 Å². The van der Waals surface area contributed by atoms with Crippen LogP contribution in [-0.4, -0.2) is 39.3 Å². The van der Waals surface area contributed by atoms with Crippen molar-refractivity contribution in [3.8, 4) is 10.8 Å². The summed E-state index contributed by atoms with van der Waals surface area (Å²) in [6, 6.07) is 4.27. The molecule has 0 radical (unpaired) electrons. The maximum absolute atomic E-state index is 12.6. The van der Waals surface area contributed by atoms with E-state index in [1.54, 1.807) is 11.3 Å². The summed E-state index contributed by atoms with van der Waals surface area (Å²) >= 11 is 2.89. The van der Waals surface area contributed by atoms with Gasteiger partial charge in [-0.3, -0.25) is 4.79 Å². The van der Waals surface area contributed by atoms with Gasteiger partial charge in [0.25, 0.3) is 11.1 Å². The van der Waals surface area contributed by atoms with Crippen LogP contribution in [0.2, 0.25) is 0 Å². The Morgan fingerprint density at radius 2 is 2.17 bits per heavy atom. The third-order valence-corrected chi connectivity index (χ3v) is 6.01.